The molecule has 8 nitrogen and oxygen atoms in total. The van der Waals surface area contributed by atoms with Crippen LogP contribution >= 0.6 is 12.6 Å². The Bertz CT molecular complexity index is 696. The number of likely N-dealkylation sites (tertiary alicyclic amines) is 1. The van der Waals surface area contributed by atoms with Crippen molar-refractivity contribution in [1.82, 2.24) is 10.2 Å². The normalized spacial score (nSPS) is 25.7. The highest BCUT2D eigenvalue weighted by molar-refractivity contribution is 7.81. The van der Waals surface area contributed by atoms with Gasteiger partial charge >= 0.3 is 6.09 Å². The van der Waals surface area contributed by atoms with E-state index in [1.807, 2.05) is 0 Å². The van der Waals surface area contributed by atoms with Gasteiger partial charge in [-0.3, -0.25) is 14.9 Å². The number of hydrogen-bond donors (Lipinski definition) is 2. The summed E-state index contributed by atoms with van der Waals surface area (Å²) in [4.78, 5) is 36.1. The predicted octanol–water partition coefficient (Wildman–Crippen LogP) is 2.13. The summed E-state index contributed by atoms with van der Waals surface area (Å²) in [5.41, 5.74) is 0.673. The molecule has 1 aromatic carbocycles. The quantitative estimate of drug-likeness (QED) is 0.474. The van der Waals surface area contributed by atoms with E-state index in [0.29, 0.717) is 25.1 Å². The number of ether oxygens (including phenoxy) is 1. The number of rotatable bonds is 4. The first-order chi connectivity index (χ1) is 12.4. The third-order valence-electron chi connectivity index (χ3n) is 4.89. The summed E-state index contributed by atoms with van der Waals surface area (Å²) in [7, 11) is 0. The molecule has 9 heteroatoms. The van der Waals surface area contributed by atoms with Gasteiger partial charge in [-0.2, -0.15) is 12.6 Å². The summed E-state index contributed by atoms with van der Waals surface area (Å²) in [5, 5.41) is 13.5. The Hall–Kier alpha value is -2.29. The second-order valence-corrected chi connectivity index (χ2v) is 7.42. The number of nitro benzene ring substituents is 1. The minimum absolute atomic E-state index is 0.00632. The van der Waals surface area contributed by atoms with Gasteiger partial charge in [-0.1, -0.05) is 0 Å². The lowest BCUT2D eigenvalue weighted by molar-refractivity contribution is -0.384. The van der Waals surface area contributed by atoms with E-state index in [1.165, 1.54) is 12.1 Å². The Kier molecular flexibility index (Phi) is 5.65. The molecule has 0 aromatic heterocycles. The average molecular weight is 379 g/mol. The van der Waals surface area contributed by atoms with Crippen LogP contribution in [-0.2, 0) is 16.1 Å². The van der Waals surface area contributed by atoms with Crippen LogP contribution in [-0.4, -0.2) is 46.2 Å². The van der Waals surface area contributed by atoms with Crippen molar-refractivity contribution in [2.75, 3.05) is 13.1 Å². The molecule has 2 heterocycles. The number of nitro groups is 1. The molecule has 1 N–H and O–H groups in total. The van der Waals surface area contributed by atoms with Crippen LogP contribution < -0.4 is 5.32 Å². The van der Waals surface area contributed by atoms with E-state index in [9.17, 15) is 19.7 Å². The molecule has 2 aliphatic heterocycles. The Balaban J connectivity index is 1.60. The molecule has 0 bridgehead atoms. The van der Waals surface area contributed by atoms with Gasteiger partial charge in [-0.25, -0.2) is 4.79 Å². The van der Waals surface area contributed by atoms with E-state index in [-0.39, 0.29) is 35.4 Å². The van der Waals surface area contributed by atoms with Crippen molar-refractivity contribution in [2.24, 2.45) is 5.92 Å². The summed E-state index contributed by atoms with van der Waals surface area (Å²) in [6, 6.07) is 5.85. The van der Waals surface area contributed by atoms with Crippen LogP contribution in [0.5, 0.6) is 0 Å². The van der Waals surface area contributed by atoms with Gasteiger partial charge in [0, 0.05) is 42.9 Å². The lowest BCUT2D eigenvalue weighted by Gasteiger charge is -2.33. The number of nitrogens with zero attached hydrogens (tertiary/aromatic N) is 2. The Morgan fingerprint density at radius 1 is 1.38 bits per heavy atom. The van der Waals surface area contributed by atoms with E-state index < -0.39 is 11.0 Å². The molecular weight excluding hydrogens is 358 g/mol. The van der Waals surface area contributed by atoms with Gasteiger partial charge in [-0.05, 0) is 36.5 Å². The van der Waals surface area contributed by atoms with Gasteiger partial charge in [0.15, 0.2) is 0 Å². The number of carbonyl (C=O) groups is 2. The third-order valence-corrected chi connectivity index (χ3v) is 5.27. The number of non-ortho nitro benzene ring substituents is 1. The van der Waals surface area contributed by atoms with E-state index in [4.69, 9.17) is 4.74 Å². The van der Waals surface area contributed by atoms with Gasteiger partial charge < -0.3 is 15.0 Å². The summed E-state index contributed by atoms with van der Waals surface area (Å²) in [6.07, 6.45) is 1.56. The Morgan fingerprint density at radius 2 is 2.12 bits per heavy atom. The summed E-state index contributed by atoms with van der Waals surface area (Å²) in [5.74, 6) is 0.135. The highest BCUT2D eigenvalue weighted by Gasteiger charge is 2.40. The molecule has 0 aliphatic carbocycles. The molecule has 3 atom stereocenters. The van der Waals surface area contributed by atoms with E-state index in [2.05, 4.69) is 17.9 Å². The molecule has 26 heavy (non-hydrogen) atoms. The predicted molar refractivity (Wildman–Crippen MR) is 96.9 cm³/mol. The van der Waals surface area contributed by atoms with Crippen LogP contribution in [0.4, 0.5) is 10.5 Å². The second kappa shape index (κ2) is 7.94. The van der Waals surface area contributed by atoms with E-state index in [0.717, 1.165) is 12.8 Å². The zero-order valence-corrected chi connectivity index (χ0v) is 15.1. The van der Waals surface area contributed by atoms with Crippen molar-refractivity contribution in [2.45, 2.75) is 37.2 Å². The molecule has 1 aromatic rings. The van der Waals surface area contributed by atoms with Gasteiger partial charge in [0.25, 0.3) is 5.69 Å². The Labute approximate surface area is 156 Å². The van der Waals surface area contributed by atoms with Crippen LogP contribution in [0.15, 0.2) is 24.3 Å². The van der Waals surface area contributed by atoms with Crippen molar-refractivity contribution in [1.29, 1.82) is 0 Å². The number of thiol groups is 1. The van der Waals surface area contributed by atoms with Gasteiger partial charge in [-0.15, -0.1) is 0 Å². The van der Waals surface area contributed by atoms with Crippen molar-refractivity contribution in [3.05, 3.63) is 39.9 Å². The van der Waals surface area contributed by atoms with E-state index >= 15 is 0 Å². The average Bonchev–Trinajstić information content (AvgIpc) is 3.02. The zero-order chi connectivity index (χ0) is 18.7. The number of nitrogens with one attached hydrogen (secondary N) is 1. The number of hydrogen-bond acceptors (Lipinski definition) is 6. The number of piperidine rings is 1. The first kappa shape index (κ1) is 18.5. The summed E-state index contributed by atoms with van der Waals surface area (Å²) < 4.78 is 5.39. The highest BCUT2D eigenvalue weighted by atomic mass is 32.1. The maximum atomic E-state index is 12.5. The van der Waals surface area contributed by atoms with E-state index in [1.54, 1.807) is 17.0 Å². The summed E-state index contributed by atoms with van der Waals surface area (Å²) >= 11 is 4.50. The first-order valence-electron chi connectivity index (χ1n) is 8.55. The van der Waals surface area contributed by atoms with Gasteiger partial charge in [0.05, 0.1) is 4.92 Å². The standard InChI is InChI=1S/C17H21N3O5S/c21-16-7-12(5-6-18-16)15-8-14(26)9-19(15)17(22)25-10-11-1-3-13(4-2-11)20(23)24/h1-4,12,14-15,26H,5-10H2,(H,18,21)/t12-,14+,15+/m1/s1. The van der Waals surface area contributed by atoms with Gasteiger partial charge in [0.1, 0.15) is 6.61 Å². The molecule has 2 amide bonds. The van der Waals surface area contributed by atoms with Crippen LogP contribution in [0, 0.1) is 16.0 Å². The van der Waals surface area contributed by atoms with Gasteiger partial charge in [0.2, 0.25) is 5.91 Å². The molecule has 0 spiro atoms. The monoisotopic (exact) mass is 379 g/mol. The van der Waals surface area contributed by atoms with Crippen LogP contribution in [0.2, 0.25) is 0 Å². The van der Waals surface area contributed by atoms with Crippen molar-refractivity contribution >= 4 is 30.3 Å². The number of benzene rings is 1. The van der Waals surface area contributed by atoms with Crippen LogP contribution in [0.3, 0.4) is 0 Å². The highest BCUT2D eigenvalue weighted by Crippen LogP contribution is 2.32. The van der Waals surface area contributed by atoms with Crippen molar-refractivity contribution < 1.29 is 19.2 Å². The minimum Gasteiger partial charge on any atom is -0.445 e. The molecule has 0 saturated carbocycles. The fourth-order valence-electron chi connectivity index (χ4n) is 3.58. The third kappa shape index (κ3) is 4.27. The molecule has 3 rings (SSSR count). The van der Waals surface area contributed by atoms with Crippen molar-refractivity contribution in [3.63, 3.8) is 0 Å². The van der Waals surface area contributed by atoms with Crippen LogP contribution in [0.25, 0.3) is 0 Å². The first-order valence-corrected chi connectivity index (χ1v) is 9.07. The molecule has 2 saturated heterocycles. The fraction of sp³-hybridized carbons (Fsp3) is 0.529. The van der Waals surface area contributed by atoms with Crippen LogP contribution in [0.1, 0.15) is 24.8 Å². The molecule has 140 valence electrons. The molecule has 0 unspecified atom stereocenters. The zero-order valence-electron chi connectivity index (χ0n) is 14.2. The smallest absolute Gasteiger partial charge is 0.410 e. The lowest BCUT2D eigenvalue weighted by atomic mass is 9.88. The summed E-state index contributed by atoms with van der Waals surface area (Å²) in [6.45, 7) is 1.16. The minimum atomic E-state index is -0.474. The largest absolute Gasteiger partial charge is 0.445 e. The molecular formula is C17H21N3O5S. The molecule has 2 aliphatic rings. The maximum Gasteiger partial charge on any atom is 0.410 e. The lowest BCUT2D eigenvalue weighted by Crippen LogP contribution is -2.45. The SMILES string of the molecule is O=C1C[C@H]([C@@H]2C[C@H](S)CN2C(=O)OCc2ccc([N+](=O)[O-])cc2)CCN1. The second-order valence-electron chi connectivity index (χ2n) is 6.69. The van der Waals surface area contributed by atoms with Crippen molar-refractivity contribution in [3.8, 4) is 0 Å². The molecule has 2 fully saturated rings. The number of amides is 2. The molecule has 0 radical (unpaired) electrons. The fourth-order valence-corrected chi connectivity index (χ4v) is 3.97. The maximum absolute atomic E-state index is 12.5. The topological polar surface area (TPSA) is 102 Å². The number of carbonyl (C=O) groups excluding carboxylic acids is 2. The Morgan fingerprint density at radius 3 is 2.77 bits per heavy atom.